The van der Waals surface area contributed by atoms with Crippen LogP contribution in [-0.2, 0) is 9.53 Å². The normalized spacial score (nSPS) is 11.6. The van der Waals surface area contributed by atoms with Crippen molar-refractivity contribution in [2.45, 2.75) is 20.0 Å². The van der Waals surface area contributed by atoms with Crippen LogP contribution in [0.15, 0.2) is 42.6 Å². The molecule has 27 heavy (non-hydrogen) atoms. The quantitative estimate of drug-likeness (QED) is 0.596. The lowest BCUT2D eigenvalue weighted by Crippen LogP contribution is -2.25. The molecular formula is C19H16ClN3O4. The SMILES string of the molecule is CCOC(=O)C(C)Oc1ccc(Oc2nc3ccc(Cl)cn3c2C#N)cc1. The van der Waals surface area contributed by atoms with Crippen molar-refractivity contribution < 1.29 is 19.0 Å². The molecule has 0 bridgehead atoms. The smallest absolute Gasteiger partial charge is 0.347 e. The highest BCUT2D eigenvalue weighted by Gasteiger charge is 2.17. The van der Waals surface area contributed by atoms with Crippen molar-refractivity contribution in [2.24, 2.45) is 0 Å². The molecule has 3 rings (SSSR count). The van der Waals surface area contributed by atoms with Gasteiger partial charge in [0, 0.05) is 6.20 Å². The standard InChI is InChI=1S/C19H16ClN3O4/c1-3-25-19(24)12(2)26-14-5-7-15(8-6-14)27-18-16(10-21)23-11-13(20)4-9-17(23)22-18/h4-9,11-12H,3H2,1-2H3. The van der Waals surface area contributed by atoms with Crippen LogP contribution in [0, 0.1) is 11.3 Å². The van der Waals surface area contributed by atoms with Crippen LogP contribution in [0.25, 0.3) is 5.65 Å². The molecule has 0 amide bonds. The average molecular weight is 386 g/mol. The first-order valence-electron chi connectivity index (χ1n) is 8.20. The number of esters is 1. The van der Waals surface area contributed by atoms with Gasteiger partial charge in [0.2, 0.25) is 0 Å². The molecule has 0 aliphatic rings. The summed E-state index contributed by atoms with van der Waals surface area (Å²) in [6.07, 6.45) is 0.883. The molecule has 0 N–H and O–H groups in total. The van der Waals surface area contributed by atoms with Crippen molar-refractivity contribution in [1.29, 1.82) is 5.26 Å². The largest absolute Gasteiger partial charge is 0.479 e. The number of nitriles is 1. The van der Waals surface area contributed by atoms with E-state index in [2.05, 4.69) is 11.1 Å². The van der Waals surface area contributed by atoms with Gasteiger partial charge in [-0.05, 0) is 50.2 Å². The van der Waals surface area contributed by atoms with E-state index in [1.165, 1.54) is 0 Å². The van der Waals surface area contributed by atoms with Gasteiger partial charge in [0.25, 0.3) is 5.88 Å². The molecule has 0 radical (unpaired) electrons. The number of aromatic nitrogens is 2. The molecule has 0 saturated carbocycles. The Morgan fingerprint density at radius 3 is 2.63 bits per heavy atom. The summed E-state index contributed by atoms with van der Waals surface area (Å²) in [7, 11) is 0. The number of pyridine rings is 1. The molecule has 8 heteroatoms. The van der Waals surface area contributed by atoms with Gasteiger partial charge in [0.15, 0.2) is 11.8 Å². The fourth-order valence-corrected chi connectivity index (χ4v) is 2.54. The van der Waals surface area contributed by atoms with E-state index in [4.69, 9.17) is 25.8 Å². The summed E-state index contributed by atoms with van der Waals surface area (Å²) in [6, 6.07) is 12.1. The number of carbonyl (C=O) groups excluding carboxylic acids is 1. The Morgan fingerprint density at radius 1 is 1.26 bits per heavy atom. The second kappa shape index (κ2) is 7.98. The molecule has 0 fully saturated rings. The summed E-state index contributed by atoms with van der Waals surface area (Å²) in [5.74, 6) is 0.704. The van der Waals surface area contributed by atoms with E-state index in [1.54, 1.807) is 60.8 Å². The Balaban J connectivity index is 1.76. The van der Waals surface area contributed by atoms with E-state index in [9.17, 15) is 10.1 Å². The Kier molecular flexibility index (Phi) is 5.48. The monoisotopic (exact) mass is 385 g/mol. The summed E-state index contributed by atoms with van der Waals surface area (Å²) in [4.78, 5) is 15.9. The zero-order valence-corrected chi connectivity index (χ0v) is 15.4. The van der Waals surface area contributed by atoms with Crippen LogP contribution in [0.2, 0.25) is 5.02 Å². The minimum absolute atomic E-state index is 0.174. The zero-order valence-electron chi connectivity index (χ0n) is 14.7. The van der Waals surface area contributed by atoms with E-state index in [1.807, 2.05) is 0 Å². The fourth-order valence-electron chi connectivity index (χ4n) is 2.38. The molecule has 2 heterocycles. The van der Waals surface area contributed by atoms with Gasteiger partial charge in [-0.3, -0.25) is 4.40 Å². The lowest BCUT2D eigenvalue weighted by molar-refractivity contribution is -0.150. The molecule has 0 spiro atoms. The first-order chi connectivity index (χ1) is 13.0. The van der Waals surface area contributed by atoms with Crippen molar-refractivity contribution in [3.05, 3.63) is 53.3 Å². The Labute approximate surface area is 160 Å². The summed E-state index contributed by atoms with van der Waals surface area (Å²) in [6.45, 7) is 3.65. The third-order valence-electron chi connectivity index (χ3n) is 3.63. The molecule has 3 aromatic rings. The summed E-state index contributed by atoms with van der Waals surface area (Å²) in [5, 5.41) is 9.90. The van der Waals surface area contributed by atoms with Crippen LogP contribution >= 0.6 is 11.6 Å². The highest BCUT2D eigenvalue weighted by molar-refractivity contribution is 6.30. The molecule has 0 saturated heterocycles. The van der Waals surface area contributed by atoms with Crippen LogP contribution in [-0.4, -0.2) is 28.1 Å². The molecule has 138 valence electrons. The van der Waals surface area contributed by atoms with Crippen molar-refractivity contribution in [3.63, 3.8) is 0 Å². The van der Waals surface area contributed by atoms with Gasteiger partial charge in [0.05, 0.1) is 11.6 Å². The first-order valence-corrected chi connectivity index (χ1v) is 8.58. The van der Waals surface area contributed by atoms with E-state index in [0.29, 0.717) is 28.8 Å². The van der Waals surface area contributed by atoms with Crippen LogP contribution in [0.5, 0.6) is 17.4 Å². The number of imidazole rings is 1. The predicted molar refractivity (Wildman–Crippen MR) is 98.2 cm³/mol. The number of fused-ring (bicyclic) bond motifs is 1. The maximum absolute atomic E-state index is 11.6. The fraction of sp³-hybridized carbons (Fsp3) is 0.211. The van der Waals surface area contributed by atoms with Crippen molar-refractivity contribution >= 4 is 23.2 Å². The number of ether oxygens (including phenoxy) is 3. The lowest BCUT2D eigenvalue weighted by atomic mass is 10.3. The molecule has 1 atom stereocenters. The van der Waals surface area contributed by atoms with Gasteiger partial charge < -0.3 is 14.2 Å². The maximum atomic E-state index is 11.6. The number of carbonyl (C=O) groups is 1. The van der Waals surface area contributed by atoms with Gasteiger partial charge in [-0.1, -0.05) is 11.6 Å². The second-order valence-electron chi connectivity index (χ2n) is 5.54. The second-order valence-corrected chi connectivity index (χ2v) is 5.97. The van der Waals surface area contributed by atoms with Gasteiger partial charge in [-0.2, -0.15) is 10.2 Å². The number of benzene rings is 1. The number of rotatable bonds is 6. The van der Waals surface area contributed by atoms with Gasteiger partial charge >= 0.3 is 5.97 Å². The van der Waals surface area contributed by atoms with E-state index >= 15 is 0 Å². The van der Waals surface area contributed by atoms with Gasteiger partial charge in [0.1, 0.15) is 23.2 Å². The average Bonchev–Trinajstić information content (AvgIpc) is 2.99. The van der Waals surface area contributed by atoms with E-state index in [-0.39, 0.29) is 11.6 Å². The lowest BCUT2D eigenvalue weighted by Gasteiger charge is -2.13. The van der Waals surface area contributed by atoms with Crippen LogP contribution in [0.1, 0.15) is 19.5 Å². The van der Waals surface area contributed by atoms with E-state index in [0.717, 1.165) is 0 Å². The van der Waals surface area contributed by atoms with Gasteiger partial charge in [-0.15, -0.1) is 0 Å². The van der Waals surface area contributed by atoms with Crippen molar-refractivity contribution in [1.82, 2.24) is 9.38 Å². The minimum Gasteiger partial charge on any atom is -0.479 e. The number of nitrogens with zero attached hydrogens (tertiary/aromatic N) is 3. The number of halogens is 1. The Hall–Kier alpha value is -3.24. The molecular weight excluding hydrogens is 370 g/mol. The third-order valence-corrected chi connectivity index (χ3v) is 3.85. The van der Waals surface area contributed by atoms with Crippen molar-refractivity contribution in [2.75, 3.05) is 6.61 Å². The van der Waals surface area contributed by atoms with Crippen LogP contribution in [0.4, 0.5) is 0 Å². The Bertz CT molecular complexity index is 1010. The van der Waals surface area contributed by atoms with Gasteiger partial charge in [-0.25, -0.2) is 4.79 Å². The highest BCUT2D eigenvalue weighted by atomic mass is 35.5. The molecule has 2 aromatic heterocycles. The minimum atomic E-state index is -0.718. The van der Waals surface area contributed by atoms with E-state index < -0.39 is 12.1 Å². The van der Waals surface area contributed by atoms with Crippen LogP contribution < -0.4 is 9.47 Å². The molecule has 0 aliphatic heterocycles. The number of hydrogen-bond donors (Lipinski definition) is 0. The maximum Gasteiger partial charge on any atom is 0.347 e. The van der Waals surface area contributed by atoms with Crippen molar-refractivity contribution in [3.8, 4) is 23.4 Å². The summed E-state index contributed by atoms with van der Waals surface area (Å²) in [5.41, 5.74) is 0.790. The number of hydrogen-bond acceptors (Lipinski definition) is 6. The predicted octanol–water partition coefficient (Wildman–Crippen LogP) is 3.98. The molecule has 7 nitrogen and oxygen atoms in total. The molecule has 1 unspecified atom stereocenters. The summed E-state index contributed by atoms with van der Waals surface area (Å²) >= 11 is 5.97. The topological polar surface area (TPSA) is 85.8 Å². The summed E-state index contributed by atoms with van der Waals surface area (Å²) < 4.78 is 17.7. The highest BCUT2D eigenvalue weighted by Crippen LogP contribution is 2.28. The first kappa shape index (κ1) is 18.5. The Morgan fingerprint density at radius 2 is 1.96 bits per heavy atom. The molecule has 0 aliphatic carbocycles. The third kappa shape index (κ3) is 4.13. The van der Waals surface area contributed by atoms with Crippen LogP contribution in [0.3, 0.4) is 0 Å². The molecule has 1 aromatic carbocycles. The zero-order chi connectivity index (χ0) is 19.4.